The summed E-state index contributed by atoms with van der Waals surface area (Å²) in [6, 6.07) is 3.90. The van der Waals surface area contributed by atoms with Gasteiger partial charge in [0.15, 0.2) is 0 Å². The molecule has 0 atom stereocenters. The summed E-state index contributed by atoms with van der Waals surface area (Å²) >= 11 is 1.46. The fourth-order valence-electron chi connectivity index (χ4n) is 2.29. The number of amides is 1. The molecular formula is C15H18N4OS. The highest BCUT2D eigenvalue weighted by molar-refractivity contribution is 7.10. The van der Waals surface area contributed by atoms with Gasteiger partial charge in [-0.3, -0.25) is 4.79 Å². The quantitative estimate of drug-likeness (QED) is 0.890. The Balaban J connectivity index is 2.47. The Labute approximate surface area is 128 Å². The fourth-order valence-corrected chi connectivity index (χ4v) is 3.01. The van der Waals surface area contributed by atoms with Crippen LogP contribution in [0.2, 0.25) is 0 Å². The Morgan fingerprint density at radius 3 is 2.95 bits per heavy atom. The van der Waals surface area contributed by atoms with E-state index in [9.17, 15) is 4.79 Å². The maximum atomic E-state index is 11.5. The molecule has 21 heavy (non-hydrogen) atoms. The van der Waals surface area contributed by atoms with Crippen molar-refractivity contribution in [3.63, 3.8) is 0 Å². The van der Waals surface area contributed by atoms with E-state index in [4.69, 9.17) is 11.0 Å². The van der Waals surface area contributed by atoms with Crippen LogP contribution in [0.1, 0.15) is 40.8 Å². The molecule has 0 unspecified atom stereocenters. The number of aromatic nitrogens is 2. The van der Waals surface area contributed by atoms with Crippen LogP contribution in [0, 0.1) is 18.3 Å². The number of hydrogen-bond donors (Lipinski definition) is 1. The van der Waals surface area contributed by atoms with Crippen LogP contribution in [0.4, 0.5) is 0 Å². The summed E-state index contributed by atoms with van der Waals surface area (Å²) in [5.74, 6) is -0.420. The molecular weight excluding hydrogens is 284 g/mol. The summed E-state index contributed by atoms with van der Waals surface area (Å²) in [4.78, 5) is 16.0. The first kappa shape index (κ1) is 15.3. The van der Waals surface area contributed by atoms with E-state index in [0.717, 1.165) is 41.5 Å². The summed E-state index contributed by atoms with van der Waals surface area (Å²) in [5.41, 5.74) is 8.56. The number of unbranched alkanes of at least 4 members (excludes halogenated alkanes) is 1. The lowest BCUT2D eigenvalue weighted by atomic mass is 10.2. The van der Waals surface area contributed by atoms with Crippen LogP contribution in [0.5, 0.6) is 0 Å². The fraction of sp³-hybridized carbons (Fsp3) is 0.400. The first-order chi connectivity index (χ1) is 10.1. The molecule has 0 fully saturated rings. The van der Waals surface area contributed by atoms with Crippen LogP contribution >= 0.6 is 11.3 Å². The Morgan fingerprint density at radius 1 is 1.57 bits per heavy atom. The molecule has 2 aromatic rings. The lowest BCUT2D eigenvalue weighted by Crippen LogP contribution is -2.12. The van der Waals surface area contributed by atoms with E-state index in [-0.39, 0.29) is 0 Å². The van der Waals surface area contributed by atoms with Gasteiger partial charge in [0.2, 0.25) is 0 Å². The highest BCUT2D eigenvalue weighted by Crippen LogP contribution is 2.27. The summed E-state index contributed by atoms with van der Waals surface area (Å²) < 4.78 is 2.09. The molecule has 0 bridgehead atoms. The molecule has 2 N–H and O–H groups in total. The summed E-state index contributed by atoms with van der Waals surface area (Å²) in [5, 5.41) is 11.5. The lowest BCUT2D eigenvalue weighted by molar-refractivity contribution is 0.0999. The molecule has 0 aliphatic rings. The van der Waals surface area contributed by atoms with Gasteiger partial charge >= 0.3 is 0 Å². The number of rotatable bonds is 6. The number of hydrogen-bond acceptors (Lipinski definition) is 4. The van der Waals surface area contributed by atoms with E-state index in [1.807, 2.05) is 12.3 Å². The Kier molecular flexibility index (Phi) is 4.76. The largest absolute Gasteiger partial charge is 0.366 e. The molecule has 2 heterocycles. The number of nitrogens with two attached hydrogens (primary N) is 1. The third kappa shape index (κ3) is 3.14. The second-order valence-corrected chi connectivity index (χ2v) is 5.80. The van der Waals surface area contributed by atoms with Gasteiger partial charge in [-0.15, -0.1) is 11.3 Å². The maximum Gasteiger partial charge on any atom is 0.250 e. The smallest absolute Gasteiger partial charge is 0.250 e. The van der Waals surface area contributed by atoms with E-state index in [1.54, 1.807) is 6.07 Å². The van der Waals surface area contributed by atoms with Crippen LogP contribution < -0.4 is 5.73 Å². The zero-order valence-electron chi connectivity index (χ0n) is 12.2. The average molecular weight is 302 g/mol. The molecule has 6 heteroatoms. The van der Waals surface area contributed by atoms with Crippen LogP contribution in [-0.2, 0) is 13.0 Å². The number of nitrogens with zero attached hydrogens (tertiary/aromatic N) is 3. The predicted octanol–water partition coefficient (Wildman–Crippen LogP) is 2.89. The minimum atomic E-state index is -0.420. The van der Waals surface area contributed by atoms with Crippen LogP contribution in [-0.4, -0.2) is 15.5 Å². The Hall–Kier alpha value is -2.13. The molecule has 1 amide bonds. The summed E-state index contributed by atoms with van der Waals surface area (Å²) in [6.45, 7) is 4.86. The highest BCUT2D eigenvalue weighted by Gasteiger charge is 2.18. The first-order valence-electron chi connectivity index (χ1n) is 6.90. The van der Waals surface area contributed by atoms with Gasteiger partial charge in [0, 0.05) is 17.6 Å². The van der Waals surface area contributed by atoms with Gasteiger partial charge in [-0.2, -0.15) is 5.26 Å². The third-order valence-electron chi connectivity index (χ3n) is 3.41. The molecule has 2 aromatic heterocycles. The minimum Gasteiger partial charge on any atom is -0.366 e. The van der Waals surface area contributed by atoms with E-state index in [0.29, 0.717) is 12.0 Å². The SMILES string of the molecule is CCCCn1c(-c2csc(CC#N)n2)cc(C(N)=O)c1C. The van der Waals surface area contributed by atoms with Gasteiger partial charge in [-0.25, -0.2) is 4.98 Å². The minimum absolute atomic E-state index is 0.308. The maximum absolute atomic E-state index is 11.5. The normalized spacial score (nSPS) is 10.5. The molecule has 0 radical (unpaired) electrons. The van der Waals surface area contributed by atoms with Crippen molar-refractivity contribution in [2.75, 3.05) is 0 Å². The highest BCUT2D eigenvalue weighted by atomic mass is 32.1. The van der Waals surface area contributed by atoms with Gasteiger partial charge in [0.05, 0.1) is 29.4 Å². The summed E-state index contributed by atoms with van der Waals surface area (Å²) in [6.07, 6.45) is 2.40. The molecule has 0 aliphatic heterocycles. The molecule has 0 aliphatic carbocycles. The molecule has 0 aromatic carbocycles. The van der Waals surface area contributed by atoms with E-state index >= 15 is 0 Å². The second kappa shape index (κ2) is 6.55. The second-order valence-electron chi connectivity index (χ2n) is 4.86. The van der Waals surface area contributed by atoms with Gasteiger partial charge in [-0.1, -0.05) is 13.3 Å². The van der Waals surface area contributed by atoms with Crippen molar-refractivity contribution in [3.05, 3.63) is 27.7 Å². The Morgan fingerprint density at radius 2 is 2.33 bits per heavy atom. The molecule has 0 saturated carbocycles. The van der Waals surface area contributed by atoms with Crippen LogP contribution in [0.15, 0.2) is 11.4 Å². The number of thiazole rings is 1. The molecule has 0 saturated heterocycles. The number of carbonyl (C=O) groups is 1. The predicted molar refractivity (Wildman–Crippen MR) is 83.0 cm³/mol. The third-order valence-corrected chi connectivity index (χ3v) is 4.26. The molecule has 0 spiro atoms. The molecule has 2 rings (SSSR count). The summed E-state index contributed by atoms with van der Waals surface area (Å²) in [7, 11) is 0. The first-order valence-corrected chi connectivity index (χ1v) is 7.78. The zero-order valence-corrected chi connectivity index (χ0v) is 13.0. The van der Waals surface area contributed by atoms with Gasteiger partial charge in [0.1, 0.15) is 5.01 Å². The van der Waals surface area contributed by atoms with Crippen molar-refractivity contribution in [2.45, 2.75) is 39.7 Å². The molecule has 110 valence electrons. The van der Waals surface area contributed by atoms with Crippen molar-refractivity contribution in [1.29, 1.82) is 5.26 Å². The van der Waals surface area contributed by atoms with E-state index in [2.05, 4.69) is 22.5 Å². The standard InChI is InChI=1S/C15H18N4OS/c1-3-4-7-19-10(2)11(15(17)20)8-13(19)12-9-21-14(18-12)5-6-16/h8-9H,3-5,7H2,1-2H3,(H2,17,20). The van der Waals surface area contributed by atoms with Crippen molar-refractivity contribution in [3.8, 4) is 17.5 Å². The van der Waals surface area contributed by atoms with Crippen molar-refractivity contribution in [2.24, 2.45) is 5.73 Å². The average Bonchev–Trinajstić information content (AvgIpc) is 3.02. The van der Waals surface area contributed by atoms with Crippen LogP contribution in [0.3, 0.4) is 0 Å². The van der Waals surface area contributed by atoms with Gasteiger partial charge < -0.3 is 10.3 Å². The van der Waals surface area contributed by atoms with Crippen molar-refractivity contribution >= 4 is 17.2 Å². The topological polar surface area (TPSA) is 84.7 Å². The van der Waals surface area contributed by atoms with Crippen molar-refractivity contribution in [1.82, 2.24) is 9.55 Å². The number of carbonyl (C=O) groups excluding carboxylic acids is 1. The zero-order chi connectivity index (χ0) is 15.4. The molecule has 5 nitrogen and oxygen atoms in total. The number of primary amides is 1. The van der Waals surface area contributed by atoms with Crippen molar-refractivity contribution < 1.29 is 4.79 Å². The van der Waals surface area contributed by atoms with E-state index < -0.39 is 5.91 Å². The van der Waals surface area contributed by atoms with Gasteiger partial charge in [0.25, 0.3) is 5.91 Å². The lowest BCUT2D eigenvalue weighted by Gasteiger charge is -2.09. The van der Waals surface area contributed by atoms with Crippen LogP contribution in [0.25, 0.3) is 11.4 Å². The van der Waals surface area contributed by atoms with Gasteiger partial charge in [-0.05, 0) is 19.4 Å². The number of nitriles is 1. The van der Waals surface area contributed by atoms with E-state index in [1.165, 1.54) is 11.3 Å². The Bertz CT molecular complexity index is 693. The monoisotopic (exact) mass is 302 g/mol.